The van der Waals surface area contributed by atoms with Crippen LogP contribution in [0.2, 0.25) is 0 Å². The molecule has 3 unspecified atom stereocenters. The van der Waals surface area contributed by atoms with Crippen LogP contribution in [0, 0.1) is 17.8 Å². The minimum absolute atomic E-state index is 0.263. The number of nitrogens with one attached hydrogen (secondary N) is 2. The normalized spacial score (nSPS) is 41.5. The molecule has 90 valence electrons. The highest BCUT2D eigenvalue weighted by Crippen LogP contribution is 2.54. The Kier molecular flexibility index (Phi) is 2.86. The van der Waals surface area contributed by atoms with Gasteiger partial charge in [0.05, 0.1) is 13.2 Å². The molecule has 2 N–H and O–H groups in total. The largest absolute Gasteiger partial charge is 0.378 e. The van der Waals surface area contributed by atoms with E-state index in [1.807, 2.05) is 0 Å². The second kappa shape index (κ2) is 4.34. The minimum Gasteiger partial charge on any atom is -0.378 e. The van der Waals surface area contributed by atoms with E-state index in [-0.39, 0.29) is 5.91 Å². The van der Waals surface area contributed by atoms with Crippen LogP contribution in [0.15, 0.2) is 0 Å². The summed E-state index contributed by atoms with van der Waals surface area (Å²) in [6.45, 7) is 3.12. The van der Waals surface area contributed by atoms with Gasteiger partial charge in [0.2, 0.25) is 5.91 Å². The Morgan fingerprint density at radius 1 is 1.31 bits per heavy atom. The van der Waals surface area contributed by atoms with Crippen molar-refractivity contribution in [2.24, 2.45) is 17.8 Å². The number of amides is 1. The van der Waals surface area contributed by atoms with Crippen molar-refractivity contribution >= 4 is 5.91 Å². The highest BCUT2D eigenvalue weighted by molar-refractivity contribution is 5.79. The molecule has 3 fully saturated rings. The maximum absolute atomic E-state index is 11.9. The summed E-state index contributed by atoms with van der Waals surface area (Å²) in [7, 11) is 0. The average molecular weight is 224 g/mol. The quantitative estimate of drug-likeness (QED) is 0.717. The fraction of sp³-hybridized carbons (Fsp3) is 0.917. The summed E-state index contributed by atoms with van der Waals surface area (Å²) in [5.41, 5.74) is 0. The van der Waals surface area contributed by atoms with Crippen molar-refractivity contribution in [3.8, 4) is 0 Å². The Bertz CT molecular complexity index is 266. The van der Waals surface area contributed by atoms with Crippen molar-refractivity contribution < 1.29 is 9.53 Å². The van der Waals surface area contributed by atoms with Gasteiger partial charge in [-0.2, -0.15) is 0 Å². The Hall–Kier alpha value is -0.610. The third kappa shape index (κ3) is 2.23. The maximum atomic E-state index is 11.9. The van der Waals surface area contributed by atoms with Crippen LogP contribution in [0.25, 0.3) is 0 Å². The first-order valence-electron chi connectivity index (χ1n) is 6.42. The lowest BCUT2D eigenvalue weighted by molar-refractivity contribution is -0.125. The number of morpholine rings is 1. The molecule has 1 saturated heterocycles. The lowest BCUT2D eigenvalue weighted by Crippen LogP contribution is -2.49. The fourth-order valence-electron chi connectivity index (χ4n) is 3.05. The van der Waals surface area contributed by atoms with Crippen LogP contribution in [0.3, 0.4) is 0 Å². The summed E-state index contributed by atoms with van der Waals surface area (Å²) >= 11 is 0. The topological polar surface area (TPSA) is 50.4 Å². The summed E-state index contributed by atoms with van der Waals surface area (Å²) in [5, 5.41) is 6.40. The van der Waals surface area contributed by atoms with Gasteiger partial charge in [0.1, 0.15) is 0 Å². The van der Waals surface area contributed by atoms with E-state index in [0.29, 0.717) is 18.5 Å². The summed E-state index contributed by atoms with van der Waals surface area (Å²) in [6, 6.07) is 0.300. The lowest BCUT2D eigenvalue weighted by atomic mass is 10.0. The molecule has 16 heavy (non-hydrogen) atoms. The van der Waals surface area contributed by atoms with E-state index < -0.39 is 0 Å². The van der Waals surface area contributed by atoms with Gasteiger partial charge in [0.15, 0.2) is 0 Å². The van der Waals surface area contributed by atoms with Crippen LogP contribution in [0.1, 0.15) is 19.3 Å². The Morgan fingerprint density at radius 2 is 2.12 bits per heavy atom. The molecular weight excluding hydrogens is 204 g/mol. The zero-order valence-electron chi connectivity index (χ0n) is 9.58. The molecule has 1 amide bonds. The molecule has 0 aromatic rings. The summed E-state index contributed by atoms with van der Waals surface area (Å²) < 4.78 is 5.35. The zero-order valence-corrected chi connectivity index (χ0v) is 9.58. The van der Waals surface area contributed by atoms with Gasteiger partial charge in [-0.05, 0) is 31.1 Å². The highest BCUT2D eigenvalue weighted by Gasteiger charge is 2.47. The summed E-state index contributed by atoms with van der Waals surface area (Å²) in [5.74, 6) is 2.33. The molecule has 3 rings (SSSR count). The van der Waals surface area contributed by atoms with Crippen LogP contribution >= 0.6 is 0 Å². The maximum Gasteiger partial charge on any atom is 0.223 e. The van der Waals surface area contributed by atoms with Gasteiger partial charge in [-0.25, -0.2) is 0 Å². The predicted molar refractivity (Wildman–Crippen MR) is 59.9 cm³/mol. The number of carbonyl (C=O) groups excluding carboxylic acids is 1. The minimum atomic E-state index is 0.263. The molecule has 1 aliphatic heterocycles. The molecule has 2 aliphatic carbocycles. The Morgan fingerprint density at radius 3 is 2.81 bits per heavy atom. The molecular formula is C12H20N2O2. The third-order valence-electron chi connectivity index (χ3n) is 4.14. The van der Waals surface area contributed by atoms with E-state index in [4.69, 9.17) is 4.74 Å². The number of rotatable bonds is 3. The van der Waals surface area contributed by atoms with Crippen molar-refractivity contribution in [1.82, 2.24) is 10.6 Å². The molecule has 4 nitrogen and oxygen atoms in total. The molecule has 0 aromatic heterocycles. The molecule has 1 heterocycles. The molecule has 0 spiro atoms. The molecule has 0 bridgehead atoms. The van der Waals surface area contributed by atoms with Gasteiger partial charge >= 0.3 is 0 Å². The predicted octanol–water partition coefficient (Wildman–Crippen LogP) is 0.137. The van der Waals surface area contributed by atoms with E-state index in [2.05, 4.69) is 10.6 Å². The number of carbonyl (C=O) groups is 1. The first-order chi connectivity index (χ1) is 7.83. The van der Waals surface area contributed by atoms with Crippen molar-refractivity contribution in [1.29, 1.82) is 0 Å². The average Bonchev–Trinajstić information content (AvgIpc) is 2.94. The summed E-state index contributed by atoms with van der Waals surface area (Å²) in [4.78, 5) is 11.9. The van der Waals surface area contributed by atoms with E-state index in [9.17, 15) is 4.79 Å². The van der Waals surface area contributed by atoms with Crippen LogP contribution in [-0.2, 0) is 9.53 Å². The first-order valence-corrected chi connectivity index (χ1v) is 6.42. The van der Waals surface area contributed by atoms with Gasteiger partial charge in [0, 0.05) is 25.0 Å². The molecule has 4 heteroatoms. The fourth-order valence-corrected chi connectivity index (χ4v) is 3.05. The number of fused-ring (bicyclic) bond motifs is 1. The third-order valence-corrected chi connectivity index (χ3v) is 4.14. The second-order valence-electron chi connectivity index (χ2n) is 5.40. The first kappa shape index (κ1) is 10.5. The van der Waals surface area contributed by atoms with Gasteiger partial charge in [-0.3, -0.25) is 4.79 Å². The van der Waals surface area contributed by atoms with E-state index in [1.165, 1.54) is 6.42 Å². The molecule has 3 aliphatic rings. The van der Waals surface area contributed by atoms with E-state index >= 15 is 0 Å². The summed E-state index contributed by atoms with van der Waals surface area (Å²) in [6.07, 6.45) is 3.64. The highest BCUT2D eigenvalue weighted by atomic mass is 16.5. The molecule has 3 atom stereocenters. The zero-order chi connectivity index (χ0) is 11.0. The monoisotopic (exact) mass is 224 g/mol. The smallest absolute Gasteiger partial charge is 0.223 e. The van der Waals surface area contributed by atoms with E-state index in [1.54, 1.807) is 0 Å². The second-order valence-corrected chi connectivity index (χ2v) is 5.40. The van der Waals surface area contributed by atoms with Crippen LogP contribution in [-0.4, -0.2) is 38.3 Å². The molecule has 0 radical (unpaired) electrons. The van der Waals surface area contributed by atoms with Crippen molar-refractivity contribution in [2.75, 3.05) is 26.3 Å². The molecule has 0 aromatic carbocycles. The van der Waals surface area contributed by atoms with Crippen molar-refractivity contribution in [3.63, 3.8) is 0 Å². The number of ether oxygens (including phenoxy) is 1. The number of hydrogen-bond donors (Lipinski definition) is 2. The Labute approximate surface area is 96.1 Å². The number of hydrogen-bond acceptors (Lipinski definition) is 3. The van der Waals surface area contributed by atoms with Crippen LogP contribution in [0.4, 0.5) is 0 Å². The van der Waals surface area contributed by atoms with Gasteiger partial charge in [0.25, 0.3) is 0 Å². The SMILES string of the molecule is O=C(NCC1COCCN1)C1CC2CC2C1. The van der Waals surface area contributed by atoms with Crippen LogP contribution in [0.5, 0.6) is 0 Å². The Balaban J connectivity index is 1.39. The van der Waals surface area contributed by atoms with Crippen molar-refractivity contribution in [2.45, 2.75) is 25.3 Å². The van der Waals surface area contributed by atoms with Crippen molar-refractivity contribution in [3.05, 3.63) is 0 Å². The lowest BCUT2D eigenvalue weighted by Gasteiger charge is -2.24. The van der Waals surface area contributed by atoms with E-state index in [0.717, 1.165) is 44.4 Å². The molecule has 2 saturated carbocycles. The van der Waals surface area contributed by atoms with Gasteiger partial charge in [-0.1, -0.05) is 0 Å². The van der Waals surface area contributed by atoms with Gasteiger partial charge < -0.3 is 15.4 Å². The standard InChI is InChI=1S/C12H20N2O2/c15-12(10-4-8-3-9(8)5-10)14-6-11-7-16-2-1-13-11/h8-11,13H,1-7H2,(H,14,15). The van der Waals surface area contributed by atoms with Crippen LogP contribution < -0.4 is 10.6 Å². The van der Waals surface area contributed by atoms with Gasteiger partial charge in [-0.15, -0.1) is 0 Å².